The highest BCUT2D eigenvalue weighted by Gasteiger charge is 2.26. The van der Waals surface area contributed by atoms with Crippen LogP contribution < -0.4 is 0 Å². The Bertz CT molecular complexity index is 665. The number of carboxylic acids is 1. The molecule has 0 radical (unpaired) electrons. The molecule has 26 heavy (non-hydrogen) atoms. The van der Waals surface area contributed by atoms with E-state index in [0.29, 0.717) is 11.8 Å². The summed E-state index contributed by atoms with van der Waals surface area (Å²) in [4.78, 5) is 45.9. The van der Waals surface area contributed by atoms with Gasteiger partial charge in [-0.25, -0.2) is 0 Å². The third-order valence-electron chi connectivity index (χ3n) is 3.31. The molecule has 1 rings (SSSR count). The lowest BCUT2D eigenvalue weighted by molar-refractivity contribution is -0.384. The van der Waals surface area contributed by atoms with Gasteiger partial charge in [0.2, 0.25) is 0 Å². The van der Waals surface area contributed by atoms with Gasteiger partial charge in [0.25, 0.3) is 5.69 Å². The second kappa shape index (κ2) is 9.04. The van der Waals surface area contributed by atoms with Crippen molar-refractivity contribution in [2.75, 3.05) is 13.1 Å². The number of esters is 1. The molecule has 0 aliphatic carbocycles. The molecule has 0 amide bonds. The van der Waals surface area contributed by atoms with E-state index < -0.39 is 35.0 Å². The molecule has 0 saturated heterocycles. The summed E-state index contributed by atoms with van der Waals surface area (Å²) in [5.74, 6) is -1.83. The fraction of sp³-hybridized carbons (Fsp3) is 0.471. The molecule has 0 unspecified atom stereocenters. The third kappa shape index (κ3) is 7.39. The number of carboxylic acid groups (broad SMARTS) is 1. The summed E-state index contributed by atoms with van der Waals surface area (Å²) < 4.78 is 5.17. The van der Waals surface area contributed by atoms with E-state index in [0.717, 1.165) is 0 Å². The maximum Gasteiger partial charge on any atom is 0.320 e. The van der Waals surface area contributed by atoms with E-state index in [4.69, 9.17) is 9.84 Å². The number of ether oxygens (including phenoxy) is 1. The molecule has 0 fully saturated rings. The summed E-state index contributed by atoms with van der Waals surface area (Å²) in [7, 11) is 0. The van der Waals surface area contributed by atoms with Crippen molar-refractivity contribution in [2.24, 2.45) is 0 Å². The molecule has 0 saturated carbocycles. The summed E-state index contributed by atoms with van der Waals surface area (Å²) >= 11 is 0. The van der Waals surface area contributed by atoms with Crippen molar-refractivity contribution >= 4 is 23.9 Å². The van der Waals surface area contributed by atoms with Gasteiger partial charge in [0.05, 0.1) is 24.1 Å². The van der Waals surface area contributed by atoms with E-state index in [1.807, 2.05) is 0 Å². The zero-order valence-electron chi connectivity index (χ0n) is 14.9. The molecule has 1 aromatic rings. The molecule has 0 spiro atoms. The molecular weight excluding hydrogens is 344 g/mol. The molecule has 142 valence electrons. The number of non-ortho nitro benzene ring substituents is 1. The average molecular weight is 366 g/mol. The van der Waals surface area contributed by atoms with Crippen LogP contribution in [0.4, 0.5) is 5.69 Å². The fourth-order valence-electron chi connectivity index (χ4n) is 2.26. The van der Waals surface area contributed by atoms with E-state index in [1.54, 1.807) is 20.8 Å². The van der Waals surface area contributed by atoms with Crippen LogP contribution in [0.5, 0.6) is 0 Å². The van der Waals surface area contributed by atoms with Crippen LogP contribution in [0, 0.1) is 10.1 Å². The lowest BCUT2D eigenvalue weighted by Gasteiger charge is -2.27. The minimum absolute atomic E-state index is 0.0902. The SMILES string of the molecule is CC(C)(C)OC(=O)CN(CC(=O)O)[C@H](C=O)Cc1ccc([N+](=O)[O-])cc1. The van der Waals surface area contributed by atoms with Crippen molar-refractivity contribution in [3.8, 4) is 0 Å². The van der Waals surface area contributed by atoms with Crippen molar-refractivity contribution in [3.05, 3.63) is 39.9 Å². The number of nitrogens with zero attached hydrogens (tertiary/aromatic N) is 2. The Morgan fingerprint density at radius 2 is 1.85 bits per heavy atom. The number of nitro benzene ring substituents is 1. The molecule has 0 heterocycles. The highest BCUT2D eigenvalue weighted by Crippen LogP contribution is 2.15. The van der Waals surface area contributed by atoms with E-state index >= 15 is 0 Å². The first-order chi connectivity index (χ1) is 12.0. The Hall–Kier alpha value is -2.81. The Kier molecular flexibility index (Phi) is 7.39. The second-order valence-electron chi connectivity index (χ2n) is 6.72. The quantitative estimate of drug-likeness (QED) is 0.301. The van der Waals surface area contributed by atoms with Gasteiger partial charge in [-0.2, -0.15) is 0 Å². The van der Waals surface area contributed by atoms with Crippen molar-refractivity contribution < 1.29 is 29.2 Å². The molecule has 0 bridgehead atoms. The van der Waals surface area contributed by atoms with Gasteiger partial charge >= 0.3 is 11.9 Å². The summed E-state index contributed by atoms with van der Waals surface area (Å²) in [6.07, 6.45) is 0.659. The summed E-state index contributed by atoms with van der Waals surface area (Å²) in [6, 6.07) is 4.68. The van der Waals surface area contributed by atoms with Crippen LogP contribution >= 0.6 is 0 Å². The second-order valence-corrected chi connectivity index (χ2v) is 6.72. The van der Waals surface area contributed by atoms with Crippen molar-refractivity contribution in [3.63, 3.8) is 0 Å². The van der Waals surface area contributed by atoms with E-state index in [2.05, 4.69) is 0 Å². The number of carbonyl (C=O) groups is 3. The van der Waals surface area contributed by atoms with Crippen LogP contribution in [0.15, 0.2) is 24.3 Å². The molecule has 1 N–H and O–H groups in total. The topological polar surface area (TPSA) is 127 Å². The molecule has 0 aliphatic rings. The maximum absolute atomic E-state index is 12.0. The Balaban J connectivity index is 2.90. The molecular formula is C17H22N2O7. The number of rotatable bonds is 9. The highest BCUT2D eigenvalue weighted by atomic mass is 16.6. The van der Waals surface area contributed by atoms with Gasteiger partial charge < -0.3 is 14.6 Å². The predicted molar refractivity (Wildman–Crippen MR) is 91.7 cm³/mol. The number of nitro groups is 1. The maximum atomic E-state index is 12.0. The first-order valence-electron chi connectivity index (χ1n) is 7.88. The zero-order chi connectivity index (χ0) is 19.9. The summed E-state index contributed by atoms with van der Waals surface area (Å²) in [5, 5.41) is 19.7. The van der Waals surface area contributed by atoms with Crippen molar-refractivity contribution in [2.45, 2.75) is 38.8 Å². The minimum atomic E-state index is -1.19. The average Bonchev–Trinajstić information content (AvgIpc) is 2.50. The molecule has 1 atom stereocenters. The first kappa shape index (κ1) is 21.2. The highest BCUT2D eigenvalue weighted by molar-refractivity contribution is 5.75. The fourth-order valence-corrected chi connectivity index (χ4v) is 2.26. The summed E-state index contributed by atoms with van der Waals surface area (Å²) in [6.45, 7) is 4.16. The van der Waals surface area contributed by atoms with Gasteiger partial charge in [-0.1, -0.05) is 12.1 Å². The monoisotopic (exact) mass is 366 g/mol. The number of aliphatic carboxylic acids is 1. The standard InChI is InChI=1S/C17H22N2O7/c1-17(2,3)26-16(23)10-18(9-15(21)22)14(11-20)8-12-4-6-13(7-5-12)19(24)25/h4-7,11,14H,8-10H2,1-3H3,(H,21,22)/t14-/m0/s1. The number of hydrogen-bond acceptors (Lipinski definition) is 7. The van der Waals surface area contributed by atoms with Gasteiger partial charge in [0.1, 0.15) is 11.9 Å². The Morgan fingerprint density at radius 1 is 1.27 bits per heavy atom. The van der Waals surface area contributed by atoms with Gasteiger partial charge in [0.15, 0.2) is 0 Å². The van der Waals surface area contributed by atoms with Crippen LogP contribution in [-0.2, 0) is 25.5 Å². The van der Waals surface area contributed by atoms with E-state index in [9.17, 15) is 24.5 Å². The molecule has 0 aromatic heterocycles. The lowest BCUT2D eigenvalue weighted by Crippen LogP contribution is -2.45. The van der Waals surface area contributed by atoms with E-state index in [1.165, 1.54) is 29.2 Å². The smallest absolute Gasteiger partial charge is 0.320 e. The van der Waals surface area contributed by atoms with Gasteiger partial charge in [-0.3, -0.25) is 24.6 Å². The van der Waals surface area contributed by atoms with E-state index in [-0.39, 0.29) is 18.7 Å². The number of benzene rings is 1. The number of hydrogen-bond donors (Lipinski definition) is 1. The predicted octanol–water partition coefficient (Wildman–Crippen LogP) is 1.43. The van der Waals surface area contributed by atoms with Gasteiger partial charge in [-0.15, -0.1) is 0 Å². The third-order valence-corrected chi connectivity index (χ3v) is 3.31. The summed E-state index contributed by atoms with van der Waals surface area (Å²) in [5.41, 5.74) is -0.221. The van der Waals surface area contributed by atoms with Crippen LogP contribution in [-0.4, -0.2) is 57.9 Å². The zero-order valence-corrected chi connectivity index (χ0v) is 14.9. The molecule has 9 nitrogen and oxygen atoms in total. The van der Waals surface area contributed by atoms with Gasteiger partial charge in [-0.05, 0) is 32.8 Å². The molecule has 9 heteroatoms. The van der Waals surface area contributed by atoms with Crippen LogP contribution in [0.3, 0.4) is 0 Å². The first-order valence-corrected chi connectivity index (χ1v) is 7.88. The van der Waals surface area contributed by atoms with Crippen LogP contribution in [0.1, 0.15) is 26.3 Å². The number of aldehydes is 1. The van der Waals surface area contributed by atoms with Crippen LogP contribution in [0.2, 0.25) is 0 Å². The largest absolute Gasteiger partial charge is 0.480 e. The molecule has 0 aliphatic heterocycles. The van der Waals surface area contributed by atoms with Gasteiger partial charge in [0, 0.05) is 12.1 Å². The minimum Gasteiger partial charge on any atom is -0.480 e. The Labute approximate surface area is 150 Å². The lowest BCUT2D eigenvalue weighted by atomic mass is 10.0. The Morgan fingerprint density at radius 3 is 2.27 bits per heavy atom. The normalized spacial score (nSPS) is 12.5. The van der Waals surface area contributed by atoms with Crippen molar-refractivity contribution in [1.29, 1.82) is 0 Å². The van der Waals surface area contributed by atoms with Crippen molar-refractivity contribution in [1.82, 2.24) is 4.90 Å². The van der Waals surface area contributed by atoms with Crippen LogP contribution in [0.25, 0.3) is 0 Å². The molecule has 1 aromatic carbocycles. The number of carbonyl (C=O) groups excluding carboxylic acids is 2.